The highest BCUT2D eigenvalue weighted by Gasteiger charge is 2.44. The minimum atomic E-state index is -3.05. The molecule has 0 saturated heterocycles. The van der Waals surface area contributed by atoms with Crippen molar-refractivity contribution >= 4 is 5.97 Å². The standard InChI is InChI=1S/C32H34F2O4/c1-3-5-6-18-37-26-15-17-28-27-16-12-24(21-29(27)32(33,34)30(28)22-26)9-8-23-10-13-25(14-11-23)36-19-7-20-38-31(35)4-2/h4,10-17,21-22H,2-3,5-9,18-20H2,1H3. The zero-order valence-electron chi connectivity index (χ0n) is 21.8. The molecule has 0 fully saturated rings. The van der Waals surface area contributed by atoms with Crippen LogP contribution in [0.3, 0.4) is 0 Å². The van der Waals surface area contributed by atoms with Crippen molar-refractivity contribution in [1.29, 1.82) is 0 Å². The summed E-state index contributed by atoms with van der Waals surface area (Å²) in [5.74, 6) is -2.27. The summed E-state index contributed by atoms with van der Waals surface area (Å²) in [6, 6.07) is 18.2. The molecule has 0 spiro atoms. The van der Waals surface area contributed by atoms with Crippen LogP contribution in [0, 0.1) is 0 Å². The highest BCUT2D eigenvalue weighted by Crippen LogP contribution is 2.52. The zero-order chi connectivity index (χ0) is 27.0. The zero-order valence-corrected chi connectivity index (χ0v) is 21.8. The van der Waals surface area contributed by atoms with Gasteiger partial charge in [0.15, 0.2) is 0 Å². The van der Waals surface area contributed by atoms with E-state index in [1.807, 2.05) is 36.4 Å². The number of aryl methyl sites for hydroxylation is 2. The first kappa shape index (κ1) is 27.4. The van der Waals surface area contributed by atoms with Gasteiger partial charge in [-0.2, -0.15) is 8.78 Å². The van der Waals surface area contributed by atoms with Crippen LogP contribution in [0.1, 0.15) is 54.9 Å². The smallest absolute Gasteiger partial charge is 0.330 e. The van der Waals surface area contributed by atoms with Gasteiger partial charge in [-0.15, -0.1) is 0 Å². The lowest BCUT2D eigenvalue weighted by molar-refractivity contribution is -0.137. The number of fused-ring (bicyclic) bond motifs is 3. The molecule has 0 atom stereocenters. The van der Waals surface area contributed by atoms with Crippen molar-refractivity contribution in [2.24, 2.45) is 0 Å². The predicted octanol–water partition coefficient (Wildman–Crippen LogP) is 7.66. The van der Waals surface area contributed by atoms with Crippen LogP contribution >= 0.6 is 0 Å². The summed E-state index contributed by atoms with van der Waals surface area (Å²) < 4.78 is 47.2. The molecular weight excluding hydrogens is 486 g/mol. The predicted molar refractivity (Wildman–Crippen MR) is 145 cm³/mol. The molecule has 0 heterocycles. The van der Waals surface area contributed by atoms with Crippen LogP contribution in [0.15, 0.2) is 73.3 Å². The summed E-state index contributed by atoms with van der Waals surface area (Å²) in [4.78, 5) is 11.0. The van der Waals surface area contributed by atoms with Gasteiger partial charge in [-0.3, -0.25) is 0 Å². The van der Waals surface area contributed by atoms with Crippen LogP contribution in [0.5, 0.6) is 11.5 Å². The van der Waals surface area contributed by atoms with Gasteiger partial charge < -0.3 is 14.2 Å². The summed E-state index contributed by atoms with van der Waals surface area (Å²) >= 11 is 0. The van der Waals surface area contributed by atoms with E-state index in [2.05, 4.69) is 13.5 Å². The van der Waals surface area contributed by atoms with Crippen molar-refractivity contribution < 1.29 is 27.8 Å². The Balaban J connectivity index is 1.33. The van der Waals surface area contributed by atoms with Gasteiger partial charge in [0.1, 0.15) is 11.5 Å². The first-order chi connectivity index (χ1) is 18.4. The number of benzene rings is 3. The van der Waals surface area contributed by atoms with E-state index >= 15 is 8.78 Å². The molecular formula is C32H34F2O4. The Hall–Kier alpha value is -3.67. The topological polar surface area (TPSA) is 44.8 Å². The van der Waals surface area contributed by atoms with Crippen LogP contribution in [0.25, 0.3) is 11.1 Å². The van der Waals surface area contributed by atoms with Gasteiger partial charge in [-0.1, -0.05) is 56.7 Å². The van der Waals surface area contributed by atoms with Crippen LogP contribution < -0.4 is 9.47 Å². The summed E-state index contributed by atoms with van der Waals surface area (Å²) in [5, 5.41) is 0. The maximum absolute atomic E-state index is 15.4. The molecule has 0 bridgehead atoms. The Labute approximate surface area is 223 Å². The Morgan fingerprint density at radius 2 is 1.39 bits per heavy atom. The van der Waals surface area contributed by atoms with E-state index in [9.17, 15) is 4.79 Å². The van der Waals surface area contributed by atoms with Gasteiger partial charge >= 0.3 is 5.97 Å². The number of esters is 1. The number of halogens is 2. The van der Waals surface area contributed by atoms with E-state index < -0.39 is 11.9 Å². The number of rotatable bonds is 14. The van der Waals surface area contributed by atoms with Gasteiger partial charge in [0, 0.05) is 23.6 Å². The van der Waals surface area contributed by atoms with E-state index in [0.29, 0.717) is 42.9 Å². The summed E-state index contributed by atoms with van der Waals surface area (Å²) in [7, 11) is 0. The molecule has 38 heavy (non-hydrogen) atoms. The molecule has 0 unspecified atom stereocenters. The number of ether oxygens (including phenoxy) is 3. The first-order valence-electron chi connectivity index (χ1n) is 13.2. The van der Waals surface area contributed by atoms with Gasteiger partial charge in [0.25, 0.3) is 5.92 Å². The molecule has 4 rings (SSSR count). The SMILES string of the molecule is C=CC(=O)OCCCOc1ccc(CCc2ccc3c(c2)C(F)(F)c2cc(OCCCCC)ccc2-3)cc1. The Morgan fingerprint density at radius 3 is 2.13 bits per heavy atom. The lowest BCUT2D eigenvalue weighted by Crippen LogP contribution is -2.11. The third kappa shape index (κ3) is 6.60. The second kappa shape index (κ2) is 12.7. The molecule has 1 aliphatic rings. The fraction of sp³-hybridized carbons (Fsp3) is 0.344. The molecule has 6 heteroatoms. The van der Waals surface area contributed by atoms with E-state index in [0.717, 1.165) is 48.6 Å². The quantitative estimate of drug-likeness (QED) is 0.124. The van der Waals surface area contributed by atoms with Crippen LogP contribution in [-0.2, 0) is 28.3 Å². The van der Waals surface area contributed by atoms with Gasteiger partial charge in [0.05, 0.1) is 19.8 Å². The summed E-state index contributed by atoms with van der Waals surface area (Å²) in [6.07, 6.45) is 6.16. The van der Waals surface area contributed by atoms with Crippen LogP contribution in [0.2, 0.25) is 0 Å². The Morgan fingerprint density at radius 1 is 0.789 bits per heavy atom. The van der Waals surface area contributed by atoms with Crippen molar-refractivity contribution in [2.45, 2.75) is 51.4 Å². The van der Waals surface area contributed by atoms with E-state index in [1.165, 1.54) is 6.07 Å². The third-order valence-electron chi connectivity index (χ3n) is 6.65. The van der Waals surface area contributed by atoms with Gasteiger partial charge in [0.2, 0.25) is 0 Å². The second-order valence-corrected chi connectivity index (χ2v) is 9.43. The van der Waals surface area contributed by atoms with Gasteiger partial charge in [-0.05, 0) is 71.8 Å². The maximum atomic E-state index is 15.4. The van der Waals surface area contributed by atoms with Gasteiger partial charge in [-0.25, -0.2) is 4.79 Å². The lowest BCUT2D eigenvalue weighted by atomic mass is 9.98. The molecule has 200 valence electrons. The van der Waals surface area contributed by atoms with Crippen LogP contribution in [0.4, 0.5) is 8.78 Å². The average molecular weight is 521 g/mol. The number of carbonyl (C=O) groups excluding carboxylic acids is 1. The van der Waals surface area contributed by atoms with E-state index in [-0.39, 0.29) is 17.7 Å². The van der Waals surface area contributed by atoms with Crippen molar-refractivity contribution in [3.8, 4) is 22.6 Å². The molecule has 3 aromatic rings. The number of carbonyl (C=O) groups is 1. The molecule has 0 amide bonds. The molecule has 4 nitrogen and oxygen atoms in total. The van der Waals surface area contributed by atoms with Crippen molar-refractivity contribution in [3.05, 3.63) is 95.6 Å². The Kier molecular flexibility index (Phi) is 9.16. The normalized spacial score (nSPS) is 12.9. The molecule has 0 radical (unpaired) electrons. The number of hydrogen-bond donors (Lipinski definition) is 0. The van der Waals surface area contributed by atoms with Crippen molar-refractivity contribution in [1.82, 2.24) is 0 Å². The van der Waals surface area contributed by atoms with Crippen LogP contribution in [-0.4, -0.2) is 25.8 Å². The summed E-state index contributed by atoms with van der Waals surface area (Å²) in [5.41, 5.74) is 3.22. The molecule has 1 aliphatic carbocycles. The third-order valence-corrected chi connectivity index (χ3v) is 6.65. The number of unbranched alkanes of at least 4 members (excludes halogenated alkanes) is 2. The number of hydrogen-bond acceptors (Lipinski definition) is 4. The number of alkyl halides is 2. The molecule has 0 N–H and O–H groups in total. The Bertz CT molecular complexity index is 1250. The molecule has 0 saturated carbocycles. The maximum Gasteiger partial charge on any atom is 0.330 e. The summed E-state index contributed by atoms with van der Waals surface area (Å²) in [6.45, 7) is 6.72. The fourth-order valence-electron chi connectivity index (χ4n) is 4.56. The second-order valence-electron chi connectivity index (χ2n) is 9.43. The highest BCUT2D eigenvalue weighted by molar-refractivity contribution is 5.81. The minimum absolute atomic E-state index is 0.0205. The molecule has 3 aromatic carbocycles. The average Bonchev–Trinajstić information content (AvgIpc) is 3.16. The minimum Gasteiger partial charge on any atom is -0.494 e. The fourth-order valence-corrected chi connectivity index (χ4v) is 4.56. The molecule has 0 aliphatic heterocycles. The first-order valence-corrected chi connectivity index (χ1v) is 13.2. The largest absolute Gasteiger partial charge is 0.494 e. The van der Waals surface area contributed by atoms with Crippen molar-refractivity contribution in [3.63, 3.8) is 0 Å². The van der Waals surface area contributed by atoms with E-state index in [4.69, 9.17) is 14.2 Å². The van der Waals surface area contributed by atoms with E-state index in [1.54, 1.807) is 18.2 Å². The highest BCUT2D eigenvalue weighted by atomic mass is 19.3. The molecule has 0 aromatic heterocycles. The lowest BCUT2D eigenvalue weighted by Gasteiger charge is -2.14. The van der Waals surface area contributed by atoms with Crippen molar-refractivity contribution in [2.75, 3.05) is 19.8 Å². The monoisotopic (exact) mass is 520 g/mol.